The van der Waals surface area contributed by atoms with Crippen LogP contribution in [0.2, 0.25) is 0 Å². The van der Waals surface area contributed by atoms with E-state index in [1.807, 2.05) is 31.3 Å². The van der Waals surface area contributed by atoms with E-state index in [1.54, 1.807) is 17.0 Å². The maximum Gasteiger partial charge on any atom is 0.333 e. The molecule has 4 heterocycles. The number of carbonyl (C=O) groups is 3. The molecule has 2 saturated heterocycles. The van der Waals surface area contributed by atoms with Gasteiger partial charge in [0.25, 0.3) is 10.8 Å². The first-order valence-corrected chi connectivity index (χ1v) is 12.8. The molecule has 0 aliphatic carbocycles. The predicted octanol–water partition coefficient (Wildman–Crippen LogP) is 0.275. The van der Waals surface area contributed by atoms with Gasteiger partial charge in [0.15, 0.2) is 0 Å². The Bertz CT molecular complexity index is 1490. The summed E-state index contributed by atoms with van der Waals surface area (Å²) in [6.07, 6.45) is 1.93. The van der Waals surface area contributed by atoms with Crippen LogP contribution in [0, 0.1) is 0 Å². The molecule has 3 amide bonds. The summed E-state index contributed by atoms with van der Waals surface area (Å²) in [4.78, 5) is 70.9. The Balaban J connectivity index is 1.41. The third-order valence-electron chi connectivity index (χ3n) is 6.68. The highest BCUT2D eigenvalue weighted by atomic mass is 32.2. The van der Waals surface area contributed by atoms with Gasteiger partial charge in [-0.15, -0.1) is 0 Å². The summed E-state index contributed by atoms with van der Waals surface area (Å²) in [7, 11) is 1.99. The number of pyridine rings is 1. The Hall–Kier alpha value is -3.77. The van der Waals surface area contributed by atoms with E-state index in [1.165, 1.54) is 10.8 Å². The van der Waals surface area contributed by atoms with E-state index >= 15 is 0 Å². The van der Waals surface area contributed by atoms with Gasteiger partial charge in [-0.3, -0.25) is 33.6 Å². The van der Waals surface area contributed by atoms with Crippen molar-refractivity contribution in [2.24, 2.45) is 0 Å². The minimum atomic E-state index is -0.597. The van der Waals surface area contributed by atoms with Crippen molar-refractivity contribution >= 4 is 39.8 Å². The minimum Gasteiger partial charge on any atom is -0.339 e. The fourth-order valence-corrected chi connectivity index (χ4v) is 5.39. The SMILES string of the molecule is CN1CCN(C(=O)Cn2c(=O)c3cccnc3n(Cc3ccc(CC4SC(=O)NC4=O)cc3)c2=O)CC1. The van der Waals surface area contributed by atoms with Gasteiger partial charge in [-0.05, 0) is 36.7 Å². The van der Waals surface area contributed by atoms with Gasteiger partial charge in [-0.25, -0.2) is 9.78 Å². The van der Waals surface area contributed by atoms with Crippen LogP contribution in [-0.2, 0) is 29.1 Å². The van der Waals surface area contributed by atoms with E-state index in [-0.39, 0.29) is 41.2 Å². The lowest BCUT2D eigenvalue weighted by Gasteiger charge is -2.32. The maximum atomic E-state index is 13.5. The lowest BCUT2D eigenvalue weighted by molar-refractivity contribution is -0.133. The second kappa shape index (κ2) is 10.3. The van der Waals surface area contributed by atoms with E-state index in [9.17, 15) is 24.0 Å². The number of fused-ring (bicyclic) bond motifs is 1. The van der Waals surface area contributed by atoms with Crippen LogP contribution in [0.25, 0.3) is 11.0 Å². The smallest absolute Gasteiger partial charge is 0.333 e. The van der Waals surface area contributed by atoms with Crippen LogP contribution in [0.3, 0.4) is 0 Å². The molecule has 1 aromatic carbocycles. The number of amides is 3. The van der Waals surface area contributed by atoms with Crippen LogP contribution in [-0.4, -0.2) is 79.4 Å². The van der Waals surface area contributed by atoms with Gasteiger partial charge in [0.2, 0.25) is 11.8 Å². The molecule has 1 unspecified atom stereocenters. The number of likely N-dealkylation sites (N-methyl/N-ethyl adjacent to an activating group) is 1. The highest BCUT2D eigenvalue weighted by molar-refractivity contribution is 8.15. The van der Waals surface area contributed by atoms with E-state index in [2.05, 4.69) is 15.2 Å². The fourth-order valence-electron chi connectivity index (χ4n) is 4.53. The van der Waals surface area contributed by atoms with Gasteiger partial charge in [-0.2, -0.15) is 0 Å². The highest BCUT2D eigenvalue weighted by Gasteiger charge is 2.31. The Morgan fingerprint density at radius 2 is 1.70 bits per heavy atom. The zero-order valence-corrected chi connectivity index (χ0v) is 21.1. The van der Waals surface area contributed by atoms with Gasteiger partial charge < -0.3 is 9.80 Å². The van der Waals surface area contributed by atoms with E-state index in [4.69, 9.17) is 0 Å². The van der Waals surface area contributed by atoms with Gasteiger partial charge in [0.1, 0.15) is 12.2 Å². The molecule has 5 rings (SSSR count). The summed E-state index contributed by atoms with van der Waals surface area (Å²) >= 11 is 0.978. The molecule has 12 heteroatoms. The lowest BCUT2D eigenvalue weighted by Crippen LogP contribution is -2.50. The largest absolute Gasteiger partial charge is 0.339 e. The minimum absolute atomic E-state index is 0.146. The van der Waals surface area contributed by atoms with E-state index in [0.29, 0.717) is 19.5 Å². The van der Waals surface area contributed by atoms with Crippen molar-refractivity contribution in [3.63, 3.8) is 0 Å². The molecule has 2 aliphatic heterocycles. The summed E-state index contributed by atoms with van der Waals surface area (Å²) in [6, 6.07) is 10.6. The van der Waals surface area contributed by atoms with E-state index in [0.717, 1.165) is 40.5 Å². The third kappa shape index (κ3) is 5.20. The molecule has 192 valence electrons. The number of piperazine rings is 1. The summed E-state index contributed by atoms with van der Waals surface area (Å²) in [5.74, 6) is -0.560. The van der Waals surface area contributed by atoms with Crippen molar-refractivity contribution < 1.29 is 14.4 Å². The molecule has 0 bridgehead atoms. The zero-order valence-electron chi connectivity index (χ0n) is 20.3. The standard InChI is InChI=1S/C25H26N6O5S/c1-28-9-11-29(12-10-28)20(32)15-31-23(34)18-3-2-8-26-21(18)30(25(31)36)14-17-6-4-16(5-7-17)13-19-22(33)27-24(35)37-19/h2-8,19H,9-15H2,1H3,(H,27,33,35). The molecular weight excluding hydrogens is 496 g/mol. The number of carbonyl (C=O) groups excluding carboxylic acids is 3. The van der Waals surface area contributed by atoms with Crippen LogP contribution < -0.4 is 16.6 Å². The number of nitrogens with zero attached hydrogens (tertiary/aromatic N) is 5. The van der Waals surface area contributed by atoms with Crippen molar-refractivity contribution in [1.29, 1.82) is 0 Å². The summed E-state index contributed by atoms with van der Waals surface area (Å²) in [5, 5.41) is 1.74. The molecule has 2 aromatic heterocycles. The molecule has 37 heavy (non-hydrogen) atoms. The molecule has 2 aliphatic rings. The number of hydrogen-bond donors (Lipinski definition) is 1. The van der Waals surface area contributed by atoms with Gasteiger partial charge in [-0.1, -0.05) is 36.0 Å². The first kappa shape index (κ1) is 24.9. The van der Waals surface area contributed by atoms with Gasteiger partial charge >= 0.3 is 5.69 Å². The third-order valence-corrected chi connectivity index (χ3v) is 7.66. The van der Waals surface area contributed by atoms with Crippen molar-refractivity contribution in [1.82, 2.24) is 29.2 Å². The Morgan fingerprint density at radius 1 is 1.00 bits per heavy atom. The van der Waals surface area contributed by atoms with Crippen molar-refractivity contribution in [2.75, 3.05) is 33.2 Å². The fraction of sp³-hybridized carbons (Fsp3) is 0.360. The maximum absolute atomic E-state index is 13.5. The number of imide groups is 1. The molecule has 0 spiro atoms. The Kier molecular flexibility index (Phi) is 6.94. The predicted molar refractivity (Wildman–Crippen MR) is 139 cm³/mol. The number of rotatable bonds is 6. The Labute approximate surface area is 216 Å². The van der Waals surface area contributed by atoms with Crippen LogP contribution in [0.15, 0.2) is 52.2 Å². The highest BCUT2D eigenvalue weighted by Crippen LogP contribution is 2.23. The number of aromatic nitrogens is 3. The number of benzene rings is 1. The van der Waals surface area contributed by atoms with Gasteiger partial charge in [0, 0.05) is 32.4 Å². The second-order valence-electron chi connectivity index (χ2n) is 9.22. The first-order chi connectivity index (χ1) is 17.8. The van der Waals surface area contributed by atoms with Crippen molar-refractivity contribution in [3.8, 4) is 0 Å². The molecular formula is C25H26N6O5S. The topological polar surface area (TPSA) is 127 Å². The van der Waals surface area contributed by atoms with Crippen LogP contribution in [0.1, 0.15) is 11.1 Å². The quantitative estimate of drug-likeness (QED) is 0.489. The first-order valence-electron chi connectivity index (χ1n) is 11.9. The molecule has 11 nitrogen and oxygen atoms in total. The average Bonchev–Trinajstić information content (AvgIpc) is 3.21. The van der Waals surface area contributed by atoms with Crippen LogP contribution in [0.4, 0.5) is 4.79 Å². The second-order valence-corrected chi connectivity index (χ2v) is 10.4. The van der Waals surface area contributed by atoms with Crippen LogP contribution >= 0.6 is 11.8 Å². The number of hydrogen-bond acceptors (Lipinski definition) is 8. The zero-order chi connectivity index (χ0) is 26.1. The summed E-state index contributed by atoms with van der Waals surface area (Å²) in [6.45, 7) is 2.40. The van der Waals surface area contributed by atoms with E-state index < -0.39 is 16.5 Å². The molecule has 1 N–H and O–H groups in total. The number of thioether (sulfide) groups is 1. The summed E-state index contributed by atoms with van der Waals surface area (Å²) < 4.78 is 2.40. The van der Waals surface area contributed by atoms with Crippen molar-refractivity contribution in [3.05, 3.63) is 74.6 Å². The molecule has 2 fully saturated rings. The number of nitrogens with one attached hydrogen (secondary N) is 1. The lowest BCUT2D eigenvalue weighted by atomic mass is 10.1. The molecule has 0 saturated carbocycles. The average molecular weight is 523 g/mol. The normalized spacial score (nSPS) is 18.4. The Morgan fingerprint density at radius 3 is 2.38 bits per heavy atom. The molecule has 1 atom stereocenters. The van der Waals surface area contributed by atoms with Crippen molar-refractivity contribution in [2.45, 2.75) is 24.8 Å². The molecule has 3 aromatic rings. The monoisotopic (exact) mass is 522 g/mol. The van der Waals surface area contributed by atoms with Crippen LogP contribution in [0.5, 0.6) is 0 Å². The van der Waals surface area contributed by atoms with Gasteiger partial charge in [0.05, 0.1) is 17.2 Å². The summed E-state index contributed by atoms with van der Waals surface area (Å²) in [5.41, 5.74) is 0.781. The molecule has 0 radical (unpaired) electrons.